The van der Waals surface area contributed by atoms with Gasteiger partial charge in [-0.3, -0.25) is 18.6 Å². The fraction of sp³-hybridized carbons (Fsp3) is 0.750. The Morgan fingerprint density at radius 3 is 2.12 bits per heavy atom. The molecule has 0 saturated carbocycles. The van der Waals surface area contributed by atoms with Crippen LogP contribution < -0.4 is 10.8 Å². The molecule has 0 aromatic rings. The lowest BCUT2D eigenvalue weighted by molar-refractivity contribution is -0.308. The summed E-state index contributed by atoms with van der Waals surface area (Å²) >= 11 is 0. The molecule has 3 unspecified atom stereocenters. The molecule has 0 aromatic carbocycles. The van der Waals surface area contributed by atoms with Gasteiger partial charge in [-0.15, -0.1) is 0 Å². The minimum Gasteiger partial charge on any atom is -0.548 e. The molecule has 24 heavy (non-hydrogen) atoms. The van der Waals surface area contributed by atoms with E-state index in [1.807, 2.05) is 0 Å². The van der Waals surface area contributed by atoms with Gasteiger partial charge in [0.05, 0.1) is 25.2 Å². The largest absolute Gasteiger partial charge is 0.548 e. The van der Waals surface area contributed by atoms with E-state index in [9.17, 15) is 28.9 Å². The van der Waals surface area contributed by atoms with E-state index in [-0.39, 0.29) is 19.4 Å². The second-order valence-electron chi connectivity index (χ2n) is 4.49. The molecule has 140 valence electrons. The molecule has 0 rings (SSSR count). The highest BCUT2D eigenvalue weighted by Gasteiger charge is 2.26. The topological polar surface area (TPSA) is 175 Å². The summed E-state index contributed by atoms with van der Waals surface area (Å²) in [6, 6.07) is -1.62. The van der Waals surface area contributed by atoms with E-state index in [4.69, 9.17) is 15.2 Å². The molecule has 0 saturated heterocycles. The van der Waals surface area contributed by atoms with Gasteiger partial charge in [0, 0.05) is 12.8 Å². The lowest BCUT2D eigenvalue weighted by Gasteiger charge is -2.20. The maximum absolute atomic E-state index is 11.6. The summed E-state index contributed by atoms with van der Waals surface area (Å²) in [4.78, 5) is 42.2. The Kier molecular flexibility index (Phi) is 10.4. The molecule has 12 heteroatoms. The number of carbonyl (C=O) groups is 3. The molecular weight excluding hydrogens is 349 g/mol. The Morgan fingerprint density at radius 2 is 1.62 bits per heavy atom. The standard InChI is InChI=1S/C12H22NO10P/c1-3-10(14)20-5-8(23-11(15)4-2)6-21-24(18,19)22-7-9(13)12(16)17/h8-9H,3-7,13H2,1-2H3,(H,16,17)(H,18,19)/p-1. The quantitative estimate of drug-likeness (QED) is 0.301. The van der Waals surface area contributed by atoms with Crippen LogP contribution in [0.5, 0.6) is 0 Å². The zero-order valence-electron chi connectivity index (χ0n) is 13.3. The highest BCUT2D eigenvalue weighted by Crippen LogP contribution is 2.43. The summed E-state index contributed by atoms with van der Waals surface area (Å²) in [5, 5.41) is 10.4. The average molecular weight is 370 g/mol. The highest BCUT2D eigenvalue weighted by atomic mass is 31.2. The normalized spacial score (nSPS) is 15.8. The van der Waals surface area contributed by atoms with Gasteiger partial charge in [0.25, 0.3) is 0 Å². The van der Waals surface area contributed by atoms with Crippen LogP contribution in [0.15, 0.2) is 0 Å². The van der Waals surface area contributed by atoms with Crippen molar-refractivity contribution in [3.05, 3.63) is 0 Å². The van der Waals surface area contributed by atoms with Gasteiger partial charge >= 0.3 is 19.8 Å². The first-order valence-corrected chi connectivity index (χ1v) is 8.54. The number of rotatable bonds is 12. The van der Waals surface area contributed by atoms with Gasteiger partial charge in [0.1, 0.15) is 6.61 Å². The van der Waals surface area contributed by atoms with Crippen molar-refractivity contribution in [1.82, 2.24) is 0 Å². The van der Waals surface area contributed by atoms with E-state index in [0.717, 1.165) is 0 Å². The zero-order chi connectivity index (χ0) is 18.8. The third kappa shape index (κ3) is 10.3. The number of carboxylic acid groups (broad SMARTS) is 1. The predicted molar refractivity (Wildman–Crippen MR) is 76.1 cm³/mol. The first kappa shape index (κ1) is 22.5. The summed E-state index contributed by atoms with van der Waals surface area (Å²) in [6.45, 7) is 1.27. The second kappa shape index (κ2) is 11.1. The molecule has 0 aliphatic rings. The fourth-order valence-corrected chi connectivity index (χ4v) is 1.91. The maximum atomic E-state index is 11.6. The van der Waals surface area contributed by atoms with Crippen molar-refractivity contribution in [3.63, 3.8) is 0 Å². The lowest BCUT2D eigenvalue weighted by Crippen LogP contribution is -2.44. The molecule has 11 nitrogen and oxygen atoms in total. The van der Waals surface area contributed by atoms with Crippen molar-refractivity contribution in [1.29, 1.82) is 0 Å². The molecule has 0 aromatic heterocycles. The van der Waals surface area contributed by atoms with Crippen LogP contribution in [0.3, 0.4) is 0 Å². The number of aliphatic carboxylic acids is 1. The smallest absolute Gasteiger partial charge is 0.472 e. The van der Waals surface area contributed by atoms with Crippen LogP contribution in [-0.2, 0) is 37.5 Å². The molecule has 0 amide bonds. The van der Waals surface area contributed by atoms with Gasteiger partial charge in [-0.25, -0.2) is 4.57 Å². The summed E-state index contributed by atoms with van der Waals surface area (Å²) in [5.41, 5.74) is 5.06. The number of carboxylic acids is 1. The summed E-state index contributed by atoms with van der Waals surface area (Å²) in [5.74, 6) is -2.86. The zero-order valence-corrected chi connectivity index (χ0v) is 14.2. The van der Waals surface area contributed by atoms with Crippen LogP contribution in [0, 0.1) is 0 Å². The van der Waals surface area contributed by atoms with E-state index in [1.165, 1.54) is 6.92 Å². The number of phosphoric ester groups is 1. The van der Waals surface area contributed by atoms with Gasteiger partial charge in [0.2, 0.25) is 0 Å². The van der Waals surface area contributed by atoms with E-state index >= 15 is 0 Å². The molecular formula is C12H21NO10P-. The number of hydrogen-bond acceptors (Lipinski definition) is 10. The molecule has 0 heterocycles. The van der Waals surface area contributed by atoms with Crippen LogP contribution in [0.25, 0.3) is 0 Å². The van der Waals surface area contributed by atoms with Crippen LogP contribution in [-0.4, -0.2) is 54.8 Å². The Morgan fingerprint density at radius 1 is 1.08 bits per heavy atom. The SMILES string of the molecule is CCC(=O)OCC(COP(=O)(O)OCC(N)C(=O)[O-])OC(=O)CC. The molecule has 0 spiro atoms. The number of phosphoric acid groups is 1. The Balaban J connectivity index is 4.54. The highest BCUT2D eigenvalue weighted by molar-refractivity contribution is 7.47. The number of ether oxygens (including phenoxy) is 2. The lowest BCUT2D eigenvalue weighted by atomic mass is 10.3. The van der Waals surface area contributed by atoms with Crippen molar-refractivity contribution in [2.45, 2.75) is 38.8 Å². The molecule has 3 atom stereocenters. The fourth-order valence-electron chi connectivity index (χ4n) is 1.13. The van der Waals surface area contributed by atoms with Crippen molar-refractivity contribution >= 4 is 25.7 Å². The molecule has 0 aliphatic heterocycles. The molecule has 0 aliphatic carbocycles. The number of carbonyl (C=O) groups excluding carboxylic acids is 3. The van der Waals surface area contributed by atoms with Crippen LogP contribution in [0.4, 0.5) is 0 Å². The summed E-state index contributed by atoms with van der Waals surface area (Å²) in [6.07, 6.45) is -1.00. The third-order valence-electron chi connectivity index (χ3n) is 2.45. The van der Waals surface area contributed by atoms with Crippen molar-refractivity contribution in [2.75, 3.05) is 19.8 Å². The molecule has 0 radical (unpaired) electrons. The maximum Gasteiger partial charge on any atom is 0.472 e. The van der Waals surface area contributed by atoms with E-state index < -0.39 is 51.1 Å². The second-order valence-corrected chi connectivity index (χ2v) is 5.94. The summed E-state index contributed by atoms with van der Waals surface area (Å²) in [7, 11) is -4.65. The molecule has 3 N–H and O–H groups in total. The van der Waals surface area contributed by atoms with E-state index in [1.54, 1.807) is 6.92 Å². The van der Waals surface area contributed by atoms with Crippen molar-refractivity contribution < 1.29 is 47.5 Å². The first-order valence-electron chi connectivity index (χ1n) is 7.04. The van der Waals surface area contributed by atoms with Crippen LogP contribution in [0.1, 0.15) is 26.7 Å². The number of esters is 2. The molecule has 0 fully saturated rings. The third-order valence-corrected chi connectivity index (χ3v) is 3.40. The summed E-state index contributed by atoms with van der Waals surface area (Å²) < 4.78 is 30.2. The van der Waals surface area contributed by atoms with E-state index in [0.29, 0.717) is 0 Å². The predicted octanol–water partition coefficient (Wildman–Crippen LogP) is -1.53. The van der Waals surface area contributed by atoms with Gasteiger partial charge < -0.3 is 30.0 Å². The average Bonchev–Trinajstić information content (AvgIpc) is 2.54. The van der Waals surface area contributed by atoms with Gasteiger partial charge in [-0.1, -0.05) is 13.8 Å². The van der Waals surface area contributed by atoms with Crippen molar-refractivity contribution in [3.8, 4) is 0 Å². The Hall–Kier alpha value is -1.52. The van der Waals surface area contributed by atoms with Crippen molar-refractivity contribution in [2.24, 2.45) is 5.73 Å². The first-order chi connectivity index (χ1) is 11.1. The number of hydrogen-bond donors (Lipinski definition) is 2. The molecule has 0 bridgehead atoms. The van der Waals surface area contributed by atoms with Gasteiger partial charge in [-0.05, 0) is 0 Å². The van der Waals surface area contributed by atoms with E-state index in [2.05, 4.69) is 9.05 Å². The monoisotopic (exact) mass is 370 g/mol. The minimum atomic E-state index is -4.65. The Bertz CT molecular complexity index is 482. The van der Waals surface area contributed by atoms with Crippen LogP contribution in [0.2, 0.25) is 0 Å². The Labute approximate surface area is 138 Å². The van der Waals surface area contributed by atoms with Gasteiger partial charge in [0.15, 0.2) is 6.10 Å². The van der Waals surface area contributed by atoms with Gasteiger partial charge in [-0.2, -0.15) is 0 Å². The minimum absolute atomic E-state index is 0.0337. The van der Waals surface area contributed by atoms with Crippen LogP contribution >= 0.6 is 7.82 Å². The number of nitrogens with two attached hydrogens (primary N) is 1.